The number of rotatable bonds is 5. The Morgan fingerprint density at radius 3 is 2.75 bits per heavy atom. The van der Waals surface area contributed by atoms with Gasteiger partial charge in [-0.05, 0) is 40.9 Å². The third-order valence-electron chi connectivity index (χ3n) is 3.18. The van der Waals surface area contributed by atoms with E-state index in [2.05, 4.69) is 35.1 Å². The molecule has 2 aromatic rings. The number of hydrogen-bond donors (Lipinski definition) is 1. The van der Waals surface area contributed by atoms with Crippen molar-refractivity contribution in [3.8, 4) is 0 Å². The van der Waals surface area contributed by atoms with Crippen molar-refractivity contribution in [3.05, 3.63) is 32.7 Å². The summed E-state index contributed by atoms with van der Waals surface area (Å²) in [6.45, 7) is 7.76. The first-order valence-corrected chi connectivity index (χ1v) is 7.91. The molecule has 0 aliphatic heterocycles. The van der Waals surface area contributed by atoms with E-state index in [-0.39, 0.29) is 5.02 Å². The quantitative estimate of drug-likeness (QED) is 0.731. The second-order valence-electron chi connectivity index (χ2n) is 5.24. The molecule has 1 aromatic heterocycles. The molecule has 0 saturated heterocycles. The standard InChI is InChI=1S/C15H18BrClFNO/c1-4-9-12(7-19-6-8(2)3)20-15-10(16)5-11(17)14(18)13(9)15/h5,8,19H,4,6-7H2,1-3H3. The molecule has 0 atom stereocenters. The Balaban J connectivity index is 2.46. The predicted octanol–water partition coefficient (Wildman–Crippen LogP) is 5.30. The molecule has 20 heavy (non-hydrogen) atoms. The highest BCUT2D eigenvalue weighted by molar-refractivity contribution is 9.10. The number of furan rings is 1. The first-order chi connectivity index (χ1) is 9.45. The van der Waals surface area contributed by atoms with Crippen molar-refractivity contribution >= 4 is 38.5 Å². The maximum atomic E-state index is 14.3. The fourth-order valence-corrected chi connectivity index (χ4v) is 3.11. The number of nitrogens with one attached hydrogen (secondary N) is 1. The Hall–Kier alpha value is -0.580. The summed E-state index contributed by atoms with van der Waals surface area (Å²) in [6, 6.07) is 1.54. The molecule has 0 bridgehead atoms. The lowest BCUT2D eigenvalue weighted by Gasteiger charge is -2.06. The zero-order valence-corrected chi connectivity index (χ0v) is 14.2. The number of fused-ring (bicyclic) bond motifs is 1. The minimum absolute atomic E-state index is 0.113. The molecule has 5 heteroatoms. The Kier molecular flexibility index (Phi) is 5.10. The zero-order chi connectivity index (χ0) is 14.9. The Bertz CT molecular complexity index is 624. The van der Waals surface area contributed by atoms with Crippen molar-refractivity contribution in [1.29, 1.82) is 0 Å². The van der Waals surface area contributed by atoms with E-state index >= 15 is 0 Å². The van der Waals surface area contributed by atoms with Crippen molar-refractivity contribution in [2.24, 2.45) is 5.92 Å². The molecule has 0 unspecified atom stereocenters. The van der Waals surface area contributed by atoms with Gasteiger partial charge in [0.15, 0.2) is 11.4 Å². The van der Waals surface area contributed by atoms with Crippen molar-refractivity contribution in [1.82, 2.24) is 5.32 Å². The van der Waals surface area contributed by atoms with Crippen LogP contribution in [-0.2, 0) is 13.0 Å². The summed E-state index contributed by atoms with van der Waals surface area (Å²) < 4.78 is 20.8. The average molecular weight is 363 g/mol. The van der Waals surface area contributed by atoms with Crippen LogP contribution in [0.25, 0.3) is 11.0 Å². The molecular formula is C15H18BrClFNO. The van der Waals surface area contributed by atoms with Gasteiger partial charge in [0.2, 0.25) is 0 Å². The van der Waals surface area contributed by atoms with Gasteiger partial charge in [0.25, 0.3) is 0 Å². The maximum absolute atomic E-state index is 14.3. The SMILES string of the molecule is CCc1c(CNCC(C)C)oc2c(Br)cc(Cl)c(F)c12. The monoisotopic (exact) mass is 361 g/mol. The molecule has 0 amide bonds. The van der Waals surface area contributed by atoms with Gasteiger partial charge in [-0.25, -0.2) is 4.39 Å². The lowest BCUT2D eigenvalue weighted by Crippen LogP contribution is -2.19. The molecule has 0 saturated carbocycles. The van der Waals surface area contributed by atoms with E-state index in [1.165, 1.54) is 6.07 Å². The molecule has 110 valence electrons. The van der Waals surface area contributed by atoms with E-state index < -0.39 is 5.82 Å². The van der Waals surface area contributed by atoms with Gasteiger partial charge in [-0.2, -0.15) is 0 Å². The predicted molar refractivity (Wildman–Crippen MR) is 84.8 cm³/mol. The van der Waals surface area contributed by atoms with Crippen LogP contribution in [0.5, 0.6) is 0 Å². The molecule has 1 heterocycles. The maximum Gasteiger partial charge on any atom is 0.153 e. The van der Waals surface area contributed by atoms with E-state index in [1.54, 1.807) is 0 Å². The topological polar surface area (TPSA) is 25.2 Å². The second kappa shape index (κ2) is 6.46. The molecular weight excluding hydrogens is 345 g/mol. The first kappa shape index (κ1) is 15.8. The molecule has 1 N–H and O–H groups in total. The highest BCUT2D eigenvalue weighted by atomic mass is 79.9. The molecule has 0 fully saturated rings. The van der Waals surface area contributed by atoms with Crippen LogP contribution in [0.3, 0.4) is 0 Å². The van der Waals surface area contributed by atoms with Crippen molar-refractivity contribution in [3.63, 3.8) is 0 Å². The normalized spacial score (nSPS) is 11.8. The van der Waals surface area contributed by atoms with Gasteiger partial charge in [0.1, 0.15) is 5.76 Å². The summed E-state index contributed by atoms with van der Waals surface area (Å²) in [5.74, 6) is 0.938. The zero-order valence-electron chi connectivity index (χ0n) is 11.8. The number of halogens is 3. The van der Waals surface area contributed by atoms with Gasteiger partial charge < -0.3 is 9.73 Å². The Morgan fingerprint density at radius 2 is 2.15 bits per heavy atom. The summed E-state index contributed by atoms with van der Waals surface area (Å²) in [7, 11) is 0. The van der Waals surface area contributed by atoms with E-state index in [4.69, 9.17) is 16.0 Å². The third-order valence-corrected chi connectivity index (χ3v) is 4.05. The molecule has 0 spiro atoms. The number of aryl methyl sites for hydroxylation is 1. The van der Waals surface area contributed by atoms with Crippen LogP contribution in [0, 0.1) is 11.7 Å². The molecule has 2 rings (SSSR count). The van der Waals surface area contributed by atoms with E-state index in [1.807, 2.05) is 6.92 Å². The molecule has 1 aromatic carbocycles. The summed E-state index contributed by atoms with van der Waals surface area (Å²) in [6.07, 6.45) is 0.704. The second-order valence-corrected chi connectivity index (χ2v) is 6.50. The van der Waals surface area contributed by atoms with Crippen LogP contribution in [0.2, 0.25) is 5.02 Å². The van der Waals surface area contributed by atoms with Crippen LogP contribution >= 0.6 is 27.5 Å². The summed E-state index contributed by atoms with van der Waals surface area (Å²) in [5.41, 5.74) is 1.42. The van der Waals surface area contributed by atoms with Crippen molar-refractivity contribution in [2.75, 3.05) is 6.54 Å². The lowest BCUT2D eigenvalue weighted by atomic mass is 10.1. The minimum atomic E-state index is -0.402. The highest BCUT2D eigenvalue weighted by Crippen LogP contribution is 2.37. The van der Waals surface area contributed by atoms with Crippen molar-refractivity contribution < 1.29 is 8.81 Å². The fraction of sp³-hybridized carbons (Fsp3) is 0.467. The van der Waals surface area contributed by atoms with Gasteiger partial charge in [-0.1, -0.05) is 32.4 Å². The Morgan fingerprint density at radius 1 is 1.45 bits per heavy atom. The first-order valence-electron chi connectivity index (χ1n) is 6.74. The van der Waals surface area contributed by atoms with Crippen LogP contribution < -0.4 is 5.32 Å². The molecule has 0 aliphatic rings. The smallest absolute Gasteiger partial charge is 0.153 e. The average Bonchev–Trinajstić information content (AvgIpc) is 2.75. The van der Waals surface area contributed by atoms with Crippen LogP contribution in [0.15, 0.2) is 15.0 Å². The van der Waals surface area contributed by atoms with Gasteiger partial charge >= 0.3 is 0 Å². The van der Waals surface area contributed by atoms with Crippen LogP contribution in [0.4, 0.5) is 4.39 Å². The number of benzene rings is 1. The largest absolute Gasteiger partial charge is 0.458 e. The summed E-state index contributed by atoms with van der Waals surface area (Å²) >= 11 is 9.30. The summed E-state index contributed by atoms with van der Waals surface area (Å²) in [5, 5.41) is 3.93. The fourth-order valence-electron chi connectivity index (χ4n) is 2.26. The lowest BCUT2D eigenvalue weighted by molar-refractivity contribution is 0.480. The van der Waals surface area contributed by atoms with E-state index in [9.17, 15) is 4.39 Å². The highest BCUT2D eigenvalue weighted by Gasteiger charge is 2.20. The molecule has 2 nitrogen and oxygen atoms in total. The van der Waals surface area contributed by atoms with Crippen LogP contribution in [0.1, 0.15) is 32.1 Å². The van der Waals surface area contributed by atoms with Crippen LogP contribution in [-0.4, -0.2) is 6.54 Å². The van der Waals surface area contributed by atoms with E-state index in [0.29, 0.717) is 34.3 Å². The van der Waals surface area contributed by atoms with Gasteiger partial charge in [-0.15, -0.1) is 0 Å². The van der Waals surface area contributed by atoms with Crippen molar-refractivity contribution in [2.45, 2.75) is 33.7 Å². The minimum Gasteiger partial charge on any atom is -0.458 e. The number of hydrogen-bond acceptors (Lipinski definition) is 2. The summed E-state index contributed by atoms with van der Waals surface area (Å²) in [4.78, 5) is 0. The van der Waals surface area contributed by atoms with Gasteiger partial charge in [-0.3, -0.25) is 0 Å². The van der Waals surface area contributed by atoms with Gasteiger partial charge in [0, 0.05) is 5.56 Å². The molecule has 0 aliphatic carbocycles. The third kappa shape index (κ3) is 3.02. The Labute approximate surface area is 131 Å². The molecule has 0 radical (unpaired) electrons. The van der Waals surface area contributed by atoms with Gasteiger partial charge in [0.05, 0.1) is 21.4 Å². The van der Waals surface area contributed by atoms with E-state index in [0.717, 1.165) is 17.9 Å².